The summed E-state index contributed by atoms with van der Waals surface area (Å²) < 4.78 is 27.1. The standard InChI is InChI=1S/C24H32F2N2O2S/c1-15(29)28-20(11-16-9-17(25)12-18(26)10-16)21(30)14-27-24(7-8-24)22-6-5-19(31-22)13-23(2,3)4/h5-6,9-10,12,20-21,27,30H,7-8,11,13-14H2,1-4H3,(H,28,29)/t20-,21+/m0/s1. The first kappa shape index (κ1) is 23.8. The number of carbonyl (C=O) groups is 1. The number of nitrogens with one attached hydrogen (secondary N) is 2. The van der Waals surface area contributed by atoms with Crippen molar-refractivity contribution in [3.8, 4) is 0 Å². The van der Waals surface area contributed by atoms with Crippen LogP contribution in [0.5, 0.6) is 0 Å². The first-order valence-electron chi connectivity index (χ1n) is 10.7. The van der Waals surface area contributed by atoms with E-state index in [1.165, 1.54) is 28.8 Å². The van der Waals surface area contributed by atoms with Crippen LogP contribution in [0.1, 0.15) is 55.9 Å². The molecule has 1 saturated carbocycles. The molecule has 4 nitrogen and oxygen atoms in total. The van der Waals surface area contributed by atoms with Crippen molar-refractivity contribution in [2.45, 2.75) is 71.1 Å². The van der Waals surface area contributed by atoms with E-state index in [1.54, 1.807) is 0 Å². The van der Waals surface area contributed by atoms with Crippen LogP contribution in [-0.4, -0.2) is 29.7 Å². The largest absolute Gasteiger partial charge is 0.390 e. The molecule has 3 rings (SSSR count). The predicted octanol–water partition coefficient (Wildman–Crippen LogP) is 4.30. The Morgan fingerprint density at radius 2 is 1.84 bits per heavy atom. The summed E-state index contributed by atoms with van der Waals surface area (Å²) in [7, 11) is 0. The maximum absolute atomic E-state index is 13.5. The summed E-state index contributed by atoms with van der Waals surface area (Å²) >= 11 is 1.81. The minimum absolute atomic E-state index is 0.131. The third-order valence-electron chi connectivity index (χ3n) is 5.47. The Morgan fingerprint density at radius 3 is 2.39 bits per heavy atom. The number of hydrogen-bond acceptors (Lipinski definition) is 4. The second-order valence-electron chi connectivity index (χ2n) is 9.82. The fourth-order valence-corrected chi connectivity index (χ4v) is 5.39. The molecule has 1 aliphatic rings. The van der Waals surface area contributed by atoms with E-state index in [1.807, 2.05) is 11.3 Å². The smallest absolute Gasteiger partial charge is 0.217 e. The molecule has 0 saturated heterocycles. The molecule has 0 unspecified atom stereocenters. The molecule has 2 aromatic rings. The van der Waals surface area contributed by atoms with Gasteiger partial charge in [-0.1, -0.05) is 20.8 Å². The number of hydrogen-bond donors (Lipinski definition) is 3. The molecule has 1 aromatic heterocycles. The fraction of sp³-hybridized carbons (Fsp3) is 0.542. The van der Waals surface area contributed by atoms with E-state index in [4.69, 9.17) is 0 Å². The van der Waals surface area contributed by atoms with E-state index in [2.05, 4.69) is 43.5 Å². The summed E-state index contributed by atoms with van der Waals surface area (Å²) in [6, 6.07) is 6.95. The van der Waals surface area contributed by atoms with Crippen LogP contribution in [0.2, 0.25) is 0 Å². The summed E-state index contributed by atoms with van der Waals surface area (Å²) in [5, 5.41) is 17.0. The number of thiophene rings is 1. The zero-order valence-corrected chi connectivity index (χ0v) is 19.4. The average molecular weight is 451 g/mol. The van der Waals surface area contributed by atoms with Crippen molar-refractivity contribution in [2.24, 2.45) is 5.41 Å². The number of benzene rings is 1. The summed E-state index contributed by atoms with van der Waals surface area (Å²) in [5.74, 6) is -1.65. The summed E-state index contributed by atoms with van der Waals surface area (Å²) in [5.41, 5.74) is 0.485. The Balaban J connectivity index is 1.65. The molecule has 1 aromatic carbocycles. The summed E-state index contributed by atoms with van der Waals surface area (Å²) in [4.78, 5) is 14.3. The number of aliphatic hydroxyl groups excluding tert-OH is 1. The van der Waals surface area contributed by atoms with Crippen molar-refractivity contribution in [3.63, 3.8) is 0 Å². The SMILES string of the molecule is CC(=O)N[C@@H](Cc1cc(F)cc(F)c1)[C@H](O)CNC1(c2ccc(CC(C)(C)C)s2)CC1. The lowest BCUT2D eigenvalue weighted by atomic mass is 9.92. The van der Waals surface area contributed by atoms with Gasteiger partial charge in [-0.05, 0) is 60.9 Å². The zero-order chi connectivity index (χ0) is 22.8. The molecule has 170 valence electrons. The molecular weight excluding hydrogens is 418 g/mol. The zero-order valence-electron chi connectivity index (χ0n) is 18.6. The van der Waals surface area contributed by atoms with E-state index in [0.717, 1.165) is 25.3 Å². The van der Waals surface area contributed by atoms with Crippen LogP contribution in [0, 0.1) is 17.0 Å². The lowest BCUT2D eigenvalue weighted by Gasteiger charge is -2.26. The van der Waals surface area contributed by atoms with E-state index in [9.17, 15) is 18.7 Å². The topological polar surface area (TPSA) is 61.4 Å². The van der Waals surface area contributed by atoms with Crippen molar-refractivity contribution >= 4 is 17.2 Å². The Morgan fingerprint density at radius 1 is 1.19 bits per heavy atom. The van der Waals surface area contributed by atoms with E-state index < -0.39 is 23.8 Å². The van der Waals surface area contributed by atoms with Crippen LogP contribution in [-0.2, 0) is 23.2 Å². The third kappa shape index (κ3) is 6.82. The van der Waals surface area contributed by atoms with Gasteiger partial charge in [0, 0.05) is 29.3 Å². The van der Waals surface area contributed by atoms with Gasteiger partial charge in [0.05, 0.1) is 17.7 Å². The van der Waals surface area contributed by atoms with Gasteiger partial charge < -0.3 is 15.7 Å². The molecule has 1 heterocycles. The van der Waals surface area contributed by atoms with Crippen molar-refractivity contribution in [1.29, 1.82) is 0 Å². The minimum atomic E-state index is -0.901. The molecule has 0 spiro atoms. The van der Waals surface area contributed by atoms with Gasteiger partial charge in [0.25, 0.3) is 0 Å². The van der Waals surface area contributed by atoms with Crippen molar-refractivity contribution in [2.75, 3.05) is 6.54 Å². The van der Waals surface area contributed by atoms with E-state index >= 15 is 0 Å². The molecule has 0 bridgehead atoms. The Hall–Kier alpha value is -1.83. The van der Waals surface area contributed by atoms with Gasteiger partial charge in [0.1, 0.15) is 11.6 Å². The maximum Gasteiger partial charge on any atom is 0.217 e. The summed E-state index contributed by atoms with van der Waals surface area (Å²) in [6.07, 6.45) is 2.25. The highest BCUT2D eigenvalue weighted by Gasteiger charge is 2.45. The first-order chi connectivity index (χ1) is 14.5. The number of rotatable bonds is 9. The molecule has 31 heavy (non-hydrogen) atoms. The third-order valence-corrected chi connectivity index (χ3v) is 6.76. The van der Waals surface area contributed by atoms with Crippen molar-refractivity contribution in [1.82, 2.24) is 10.6 Å². The van der Waals surface area contributed by atoms with Crippen LogP contribution >= 0.6 is 11.3 Å². The number of halogens is 2. The van der Waals surface area contributed by atoms with Crippen molar-refractivity contribution in [3.05, 3.63) is 57.3 Å². The number of carbonyl (C=O) groups excluding carboxylic acids is 1. The van der Waals surface area contributed by atoms with Gasteiger partial charge in [-0.25, -0.2) is 8.78 Å². The highest BCUT2D eigenvalue weighted by Crippen LogP contribution is 2.48. The highest BCUT2D eigenvalue weighted by atomic mass is 32.1. The molecule has 0 aliphatic heterocycles. The van der Waals surface area contributed by atoms with Gasteiger partial charge in [-0.3, -0.25) is 4.79 Å². The number of amides is 1. The van der Waals surface area contributed by atoms with Crippen LogP contribution in [0.25, 0.3) is 0 Å². The molecule has 1 aliphatic carbocycles. The Bertz CT molecular complexity index is 898. The van der Waals surface area contributed by atoms with Gasteiger partial charge >= 0.3 is 0 Å². The van der Waals surface area contributed by atoms with Crippen molar-refractivity contribution < 1.29 is 18.7 Å². The molecule has 0 radical (unpaired) electrons. The summed E-state index contributed by atoms with van der Waals surface area (Å²) in [6.45, 7) is 8.31. The molecule has 1 fully saturated rings. The fourth-order valence-electron chi connectivity index (χ4n) is 3.86. The predicted molar refractivity (Wildman–Crippen MR) is 120 cm³/mol. The molecule has 7 heteroatoms. The normalized spacial score (nSPS) is 17.3. The molecule has 3 N–H and O–H groups in total. The first-order valence-corrected chi connectivity index (χ1v) is 11.5. The second kappa shape index (κ2) is 9.35. The lowest BCUT2D eigenvalue weighted by molar-refractivity contribution is -0.120. The maximum atomic E-state index is 13.5. The lowest BCUT2D eigenvalue weighted by Crippen LogP contribution is -2.49. The van der Waals surface area contributed by atoms with Crippen LogP contribution in [0.4, 0.5) is 8.78 Å². The minimum Gasteiger partial charge on any atom is -0.390 e. The van der Waals surface area contributed by atoms with E-state index in [0.29, 0.717) is 5.56 Å². The molecule has 1 amide bonds. The Labute approximate surface area is 187 Å². The monoisotopic (exact) mass is 450 g/mol. The highest BCUT2D eigenvalue weighted by molar-refractivity contribution is 7.12. The molecule has 2 atom stereocenters. The van der Waals surface area contributed by atoms with Crippen LogP contribution in [0.15, 0.2) is 30.3 Å². The van der Waals surface area contributed by atoms with Crippen LogP contribution < -0.4 is 10.6 Å². The van der Waals surface area contributed by atoms with Crippen LogP contribution in [0.3, 0.4) is 0 Å². The quantitative estimate of drug-likeness (QED) is 0.534. The second-order valence-corrected chi connectivity index (χ2v) is 11.0. The van der Waals surface area contributed by atoms with Gasteiger partial charge in [0.15, 0.2) is 0 Å². The van der Waals surface area contributed by atoms with Gasteiger partial charge in [-0.2, -0.15) is 0 Å². The van der Waals surface area contributed by atoms with Gasteiger partial charge in [-0.15, -0.1) is 11.3 Å². The van der Waals surface area contributed by atoms with E-state index in [-0.39, 0.29) is 29.8 Å². The number of aliphatic hydroxyl groups is 1. The van der Waals surface area contributed by atoms with Gasteiger partial charge in [0.2, 0.25) is 5.91 Å². The molecular formula is C24H32F2N2O2S. The Kier molecular flexibility index (Phi) is 7.18. The average Bonchev–Trinajstić information content (AvgIpc) is 3.28.